The Hall–Kier alpha value is -8.89. The van der Waals surface area contributed by atoms with Crippen LogP contribution in [0.5, 0.6) is 5.75 Å². The first-order valence-electron chi connectivity index (χ1n) is 38.6. The van der Waals surface area contributed by atoms with Crippen molar-refractivity contribution >= 4 is 77.0 Å². The monoisotopic (exact) mass is 1520 g/mol. The maximum Gasteiger partial charge on any atom is 0.419 e. The first-order valence-corrected chi connectivity index (χ1v) is 38.6. The van der Waals surface area contributed by atoms with Gasteiger partial charge in [-0.3, -0.25) is 57.5 Å². The average Bonchev–Trinajstić information content (AvgIpc) is 1.42. The van der Waals surface area contributed by atoms with Gasteiger partial charge in [0.2, 0.25) is 70.9 Å². The molecule has 9 aliphatic rings. The van der Waals surface area contributed by atoms with Crippen molar-refractivity contribution in [3.63, 3.8) is 0 Å². The summed E-state index contributed by atoms with van der Waals surface area (Å²) in [6, 6.07) is -0.0671. The van der Waals surface area contributed by atoms with Crippen LogP contribution in [0.15, 0.2) is 60.7 Å². The van der Waals surface area contributed by atoms with Crippen LogP contribution < -0.4 is 20.7 Å². The van der Waals surface area contributed by atoms with Gasteiger partial charge in [-0.15, -0.1) is 0 Å². The molecule has 2 aromatic rings. The van der Waals surface area contributed by atoms with E-state index < -0.39 is 185 Å². The van der Waals surface area contributed by atoms with Crippen molar-refractivity contribution in [2.75, 3.05) is 95.8 Å². The number of halogens is 3. The highest BCUT2D eigenvalue weighted by Gasteiger charge is 2.59. The summed E-state index contributed by atoms with van der Waals surface area (Å²) < 4.78 is 54.0. The molecule has 0 radical (unpaired) electrons. The minimum absolute atomic E-state index is 0.000426. The van der Waals surface area contributed by atoms with Crippen LogP contribution in [0.1, 0.15) is 167 Å². The van der Waals surface area contributed by atoms with E-state index in [0.29, 0.717) is 56.9 Å². The van der Waals surface area contributed by atoms with Gasteiger partial charge in [0.05, 0.1) is 38.3 Å². The van der Waals surface area contributed by atoms with Gasteiger partial charge in [-0.25, -0.2) is 0 Å². The highest BCUT2D eigenvalue weighted by Crippen LogP contribution is 2.50. The van der Waals surface area contributed by atoms with Crippen molar-refractivity contribution in [1.29, 1.82) is 0 Å². The Kier molecular flexibility index (Phi) is 29.3. The van der Waals surface area contributed by atoms with E-state index >= 15 is 38.4 Å². The molecule has 7 aliphatic heterocycles. The number of benzene rings is 2. The first kappa shape index (κ1) is 85.7. The Morgan fingerprint density at radius 1 is 0.679 bits per heavy atom. The molecule has 0 aromatic heterocycles. The number of allylic oxidation sites excluding steroid dienone is 1. The van der Waals surface area contributed by atoms with Gasteiger partial charge >= 0.3 is 6.18 Å². The highest BCUT2D eigenvalue weighted by molar-refractivity contribution is 6.01. The molecule has 12 amide bonds. The second kappa shape index (κ2) is 37.2. The minimum atomic E-state index is -4.78. The molecular formula is C80H115F3N12O14. The summed E-state index contributed by atoms with van der Waals surface area (Å²) in [4.78, 5) is 195. The van der Waals surface area contributed by atoms with Crippen LogP contribution in [-0.2, 0) is 81.3 Å². The van der Waals surface area contributed by atoms with Crippen LogP contribution in [0, 0.1) is 17.3 Å². The number of nitrogens with zero attached hydrogens (tertiary/aromatic N) is 9. The van der Waals surface area contributed by atoms with Gasteiger partial charge in [-0.2, -0.15) is 13.2 Å². The number of nitrogens with one attached hydrogen (secondary N) is 3. The van der Waals surface area contributed by atoms with E-state index in [-0.39, 0.29) is 89.6 Å². The fourth-order valence-electron chi connectivity index (χ4n) is 16.6. The van der Waals surface area contributed by atoms with Crippen molar-refractivity contribution in [2.24, 2.45) is 17.3 Å². The number of aryl methyl sites for hydroxylation is 1. The Labute approximate surface area is 639 Å². The largest absolute Gasteiger partial charge is 0.496 e. The number of rotatable bonds is 11. The first-order chi connectivity index (χ1) is 51.5. The molecule has 4 fully saturated rings. The molecule has 2 aliphatic carbocycles. The van der Waals surface area contributed by atoms with E-state index in [4.69, 9.17) is 9.47 Å². The predicted octanol–water partition coefficient (Wildman–Crippen LogP) is 6.02. The van der Waals surface area contributed by atoms with E-state index in [1.807, 2.05) is 63.3 Å². The summed E-state index contributed by atoms with van der Waals surface area (Å²) in [7, 11) is 11.1. The van der Waals surface area contributed by atoms with Gasteiger partial charge in [0.15, 0.2) is 0 Å². The van der Waals surface area contributed by atoms with Gasteiger partial charge in [-0.1, -0.05) is 108 Å². The number of ether oxygens (including phenoxy) is 2. The summed E-state index contributed by atoms with van der Waals surface area (Å²) in [5.74, 6) is -9.76. The molecule has 26 nitrogen and oxygen atoms in total. The third kappa shape index (κ3) is 20.6. The van der Waals surface area contributed by atoms with Crippen LogP contribution >= 0.6 is 0 Å². The van der Waals surface area contributed by atoms with E-state index in [1.54, 1.807) is 26.8 Å². The fraction of sp³-hybridized carbons (Fsp3) is 0.650. The van der Waals surface area contributed by atoms with Crippen molar-refractivity contribution < 1.29 is 80.2 Å². The van der Waals surface area contributed by atoms with Crippen molar-refractivity contribution in [3.05, 3.63) is 82.9 Å². The highest BCUT2D eigenvalue weighted by atomic mass is 19.4. The molecule has 109 heavy (non-hydrogen) atoms. The molecule has 1 spiro atoms. The lowest BCUT2D eigenvalue weighted by molar-refractivity contribution is -0.161. The molecule has 3 N–H and O–H groups in total. The maximum absolute atomic E-state index is 15.9. The van der Waals surface area contributed by atoms with Gasteiger partial charge < -0.3 is 69.5 Å². The lowest BCUT2D eigenvalue weighted by Gasteiger charge is -2.54. The molecule has 7 heterocycles. The molecule has 2 saturated heterocycles. The Balaban J connectivity index is 1.28. The zero-order valence-electron chi connectivity index (χ0n) is 66.0. The summed E-state index contributed by atoms with van der Waals surface area (Å²) in [6.07, 6.45) is 5.56. The Morgan fingerprint density at radius 3 is 1.97 bits per heavy atom. The number of alkyl halides is 3. The quantitative estimate of drug-likeness (QED) is 0.217. The zero-order chi connectivity index (χ0) is 80.1. The van der Waals surface area contributed by atoms with Gasteiger partial charge in [0, 0.05) is 88.4 Å². The molecule has 29 heteroatoms. The molecule has 0 unspecified atom stereocenters. The number of likely N-dealkylation sites (N-methyl/N-ethyl adjacent to an activating group) is 7. The summed E-state index contributed by atoms with van der Waals surface area (Å²) in [5, 5.41) is 8.84. The number of methoxy groups -OCH3 is 1. The van der Waals surface area contributed by atoms with E-state index in [9.17, 15) is 32.3 Å². The van der Waals surface area contributed by atoms with Crippen LogP contribution in [-0.4, -0.2) is 271 Å². The van der Waals surface area contributed by atoms with Crippen molar-refractivity contribution in [3.8, 4) is 5.75 Å². The zero-order valence-corrected chi connectivity index (χ0v) is 66.0. The normalized spacial score (nSPS) is 27.0. The van der Waals surface area contributed by atoms with Gasteiger partial charge in [0.1, 0.15) is 59.6 Å². The second-order valence-corrected chi connectivity index (χ2v) is 31.5. The van der Waals surface area contributed by atoms with Crippen LogP contribution in [0.25, 0.3) is 6.08 Å². The van der Waals surface area contributed by atoms with E-state index in [1.165, 1.54) is 101 Å². The average molecular weight is 1530 g/mol. The fourth-order valence-corrected chi connectivity index (χ4v) is 16.6. The predicted molar refractivity (Wildman–Crippen MR) is 402 cm³/mol. The number of hydrogen-bond acceptors (Lipinski definition) is 14. The molecule has 10 atom stereocenters. The third-order valence-corrected chi connectivity index (χ3v) is 23.1. The van der Waals surface area contributed by atoms with E-state index in [2.05, 4.69) is 16.0 Å². The SMILES string of the molecule is CCO[C@@H]1C[C@H]2C(=O)NC3(CC(C)(C)C3)C(=O)N(C)[C@@H](C3CCCC3)C(=O)N(C)[C@H](C(=O)N(C)CC)CC(=O)N(C)[C@H]3CCCCC=Cc4ccc(cc4)C[C@@H](C(=O)N(C)CC(=O)N[C@@H](CCc4ccc(C(F)(F)F)c(OC)c4)C(=O)N2C1)N1CC/C=C\C[C@@H](C1=O)N(C)C(=O)CN(C)C(=O)[C@H]([C@@H](C)CC)NC3=O. The Bertz CT molecular complexity index is 3710. The minimum Gasteiger partial charge on any atom is -0.496 e. The third-order valence-electron chi connectivity index (χ3n) is 23.1. The lowest BCUT2D eigenvalue weighted by Crippen LogP contribution is -2.71. The van der Waals surface area contributed by atoms with Gasteiger partial charge in [-0.05, 0) is 131 Å². The molecule has 6 bridgehead atoms. The lowest BCUT2D eigenvalue weighted by atomic mass is 9.58. The van der Waals surface area contributed by atoms with Crippen molar-refractivity contribution in [2.45, 2.75) is 223 Å². The summed E-state index contributed by atoms with van der Waals surface area (Å²) in [6.45, 7) is 9.77. The smallest absolute Gasteiger partial charge is 0.419 e. The number of hydrogen-bond donors (Lipinski definition) is 3. The molecular weight excluding hydrogens is 1410 g/mol. The number of carbonyl (C=O) groups excluding carboxylic acids is 12. The number of amides is 12. The molecule has 2 aromatic carbocycles. The van der Waals surface area contributed by atoms with Crippen LogP contribution in [0.2, 0.25) is 0 Å². The summed E-state index contributed by atoms with van der Waals surface area (Å²) >= 11 is 0. The second-order valence-electron chi connectivity index (χ2n) is 31.5. The topological polar surface area (TPSA) is 289 Å². The van der Waals surface area contributed by atoms with Gasteiger partial charge in [0.25, 0.3) is 0 Å². The number of carbonyl (C=O) groups is 12. The van der Waals surface area contributed by atoms with E-state index in [0.717, 1.165) is 23.6 Å². The summed E-state index contributed by atoms with van der Waals surface area (Å²) in [5.41, 5.74) is -1.59. The standard InChI is InChI=1S/C80H115F3N12O14/c1-15-50(4)67-75(105)89(9)47-66(98)91(11)59-31-23-20-26-40-94(74(59)104)62-41-52-34-32-51(33-35-52)27-21-18-19-22-30-58(69(99)85-67)90(10)65(97)44-61(72(102)87(7)16-2)92(12)76(106)68(54-28-24-25-29-54)93(13)77(107)79(48-78(5,6)49-79)86-70(100)60-43-55(109-17-3)45-95(60)71(101)57(84-64(96)46-88(8)73(62)103)39-37-53-36-38-56(80(81,82)83)63(42-53)108-14/h20-21,23,27,32-36,38,42,50,54-55,57-62,67-68H,15-19,22,24-26,28-31,37,39-41,43-49H2,1-14H3,(H,84,96)(H,85,99)(H,86,100)/b23-20-,27-21?/t50-,55+,57-,58-,59-,60-,61-,62-,67-,68-/m0/s1. The molecule has 2 saturated carbocycles. The van der Waals surface area contributed by atoms with Crippen molar-refractivity contribution in [1.82, 2.24) is 60.0 Å². The Morgan fingerprint density at radius 2 is 1.34 bits per heavy atom. The van der Waals surface area contributed by atoms with Crippen LogP contribution in [0.4, 0.5) is 13.2 Å². The molecule has 600 valence electrons. The molecule has 11 rings (SSSR count). The maximum atomic E-state index is 15.9. The van der Waals surface area contributed by atoms with Crippen LogP contribution in [0.3, 0.4) is 0 Å².